The third kappa shape index (κ3) is 3.38. The molecule has 0 aliphatic carbocycles. The number of hydrogen-bond donors (Lipinski definition) is 1. The third-order valence-electron chi connectivity index (χ3n) is 2.70. The van der Waals surface area contributed by atoms with Gasteiger partial charge in [-0.05, 0) is 36.8 Å². The summed E-state index contributed by atoms with van der Waals surface area (Å²) in [6.45, 7) is 2.54. The quantitative estimate of drug-likeness (QED) is 0.870. The number of ether oxygens (including phenoxy) is 1. The second-order valence-electron chi connectivity index (χ2n) is 4.11. The summed E-state index contributed by atoms with van der Waals surface area (Å²) in [6.07, 6.45) is 1.40. The molecular formula is C14H14BrNO3. The molecule has 0 radical (unpaired) electrons. The lowest BCUT2D eigenvalue weighted by atomic mass is 10.2. The maximum absolute atomic E-state index is 11.3. The molecule has 0 aliphatic rings. The smallest absolute Gasteiger partial charge is 0.341 e. The Bertz CT molecular complexity index is 592. The predicted molar refractivity (Wildman–Crippen MR) is 76.3 cm³/mol. The highest BCUT2D eigenvalue weighted by atomic mass is 79.9. The molecule has 0 spiro atoms. The van der Waals surface area contributed by atoms with Crippen LogP contribution in [0, 0.1) is 6.92 Å². The van der Waals surface area contributed by atoms with Gasteiger partial charge in [0.25, 0.3) is 0 Å². The molecule has 0 saturated heterocycles. The fourth-order valence-corrected chi connectivity index (χ4v) is 1.89. The first-order valence-electron chi connectivity index (χ1n) is 5.76. The van der Waals surface area contributed by atoms with Gasteiger partial charge in [-0.1, -0.05) is 15.9 Å². The molecule has 4 nitrogen and oxygen atoms in total. The SMILES string of the molecule is COC(=O)c1coc(CNc2ccc(Br)c(C)c2)c1. The van der Waals surface area contributed by atoms with E-state index in [4.69, 9.17) is 4.42 Å². The topological polar surface area (TPSA) is 51.5 Å². The molecule has 0 amide bonds. The van der Waals surface area contributed by atoms with Crippen LogP contribution in [-0.4, -0.2) is 13.1 Å². The van der Waals surface area contributed by atoms with E-state index < -0.39 is 5.97 Å². The average Bonchev–Trinajstić information content (AvgIpc) is 2.88. The van der Waals surface area contributed by atoms with E-state index in [1.54, 1.807) is 6.07 Å². The molecule has 100 valence electrons. The van der Waals surface area contributed by atoms with Gasteiger partial charge in [0, 0.05) is 10.2 Å². The summed E-state index contributed by atoms with van der Waals surface area (Å²) in [7, 11) is 1.35. The molecule has 19 heavy (non-hydrogen) atoms. The van der Waals surface area contributed by atoms with Gasteiger partial charge in [0.15, 0.2) is 0 Å². The van der Waals surface area contributed by atoms with Crippen LogP contribution in [0.3, 0.4) is 0 Å². The van der Waals surface area contributed by atoms with Crippen LogP contribution in [0.2, 0.25) is 0 Å². The minimum Gasteiger partial charge on any atom is -0.467 e. The Kier molecular flexibility index (Phi) is 4.27. The van der Waals surface area contributed by atoms with Gasteiger partial charge in [0.1, 0.15) is 12.0 Å². The largest absolute Gasteiger partial charge is 0.467 e. The Morgan fingerprint density at radius 3 is 2.89 bits per heavy atom. The van der Waals surface area contributed by atoms with Gasteiger partial charge >= 0.3 is 5.97 Å². The van der Waals surface area contributed by atoms with Crippen molar-refractivity contribution in [1.82, 2.24) is 0 Å². The van der Waals surface area contributed by atoms with Gasteiger partial charge in [0.2, 0.25) is 0 Å². The Balaban J connectivity index is 2.00. The highest BCUT2D eigenvalue weighted by Gasteiger charge is 2.09. The number of furan rings is 1. The molecule has 0 unspecified atom stereocenters. The first kappa shape index (κ1) is 13.7. The number of anilines is 1. The fourth-order valence-electron chi connectivity index (χ4n) is 1.64. The van der Waals surface area contributed by atoms with Crippen LogP contribution in [0.25, 0.3) is 0 Å². The van der Waals surface area contributed by atoms with Crippen molar-refractivity contribution in [2.75, 3.05) is 12.4 Å². The van der Waals surface area contributed by atoms with Crippen LogP contribution in [0.15, 0.2) is 39.4 Å². The first-order valence-corrected chi connectivity index (χ1v) is 6.55. The first-order chi connectivity index (χ1) is 9.10. The molecule has 0 fully saturated rings. The van der Waals surface area contributed by atoms with Crippen molar-refractivity contribution in [3.8, 4) is 0 Å². The number of methoxy groups -OCH3 is 1. The van der Waals surface area contributed by atoms with Gasteiger partial charge in [-0.25, -0.2) is 4.79 Å². The van der Waals surface area contributed by atoms with E-state index in [0.29, 0.717) is 17.9 Å². The van der Waals surface area contributed by atoms with E-state index >= 15 is 0 Å². The molecule has 1 heterocycles. The predicted octanol–water partition coefficient (Wildman–Crippen LogP) is 3.75. The molecule has 5 heteroatoms. The molecule has 0 saturated carbocycles. The Hall–Kier alpha value is -1.75. The summed E-state index contributed by atoms with van der Waals surface area (Å²) in [5, 5.41) is 3.23. The molecule has 2 aromatic rings. The number of nitrogens with one attached hydrogen (secondary N) is 1. The normalized spacial score (nSPS) is 10.3. The van der Waals surface area contributed by atoms with Crippen LogP contribution in [0.1, 0.15) is 21.7 Å². The van der Waals surface area contributed by atoms with Crippen LogP contribution in [-0.2, 0) is 11.3 Å². The standard InChI is InChI=1S/C14H14BrNO3/c1-9-5-11(3-4-13(9)15)16-7-12-6-10(8-19-12)14(17)18-2/h3-6,8,16H,7H2,1-2H3. The lowest BCUT2D eigenvalue weighted by molar-refractivity contribution is 0.0600. The third-order valence-corrected chi connectivity index (χ3v) is 3.59. The fraction of sp³-hybridized carbons (Fsp3) is 0.214. The summed E-state index contributed by atoms with van der Waals surface area (Å²) in [6, 6.07) is 7.67. The molecule has 0 bridgehead atoms. The summed E-state index contributed by atoms with van der Waals surface area (Å²) in [4.78, 5) is 11.3. The number of esters is 1. The van der Waals surface area contributed by atoms with Crippen molar-refractivity contribution >= 4 is 27.6 Å². The van der Waals surface area contributed by atoms with Crippen molar-refractivity contribution in [2.24, 2.45) is 0 Å². The van der Waals surface area contributed by atoms with Crippen molar-refractivity contribution in [1.29, 1.82) is 0 Å². The van der Waals surface area contributed by atoms with Crippen LogP contribution >= 0.6 is 15.9 Å². The summed E-state index contributed by atoms with van der Waals surface area (Å²) >= 11 is 3.45. The lowest BCUT2D eigenvalue weighted by Gasteiger charge is -2.06. The zero-order chi connectivity index (χ0) is 13.8. The van der Waals surface area contributed by atoms with Gasteiger partial charge in [-0.2, -0.15) is 0 Å². The molecule has 1 N–H and O–H groups in total. The molecule has 0 atom stereocenters. The van der Waals surface area contributed by atoms with E-state index in [-0.39, 0.29) is 0 Å². The molecule has 1 aromatic heterocycles. The summed E-state index contributed by atoms with van der Waals surface area (Å²) in [5.74, 6) is 0.287. The summed E-state index contributed by atoms with van der Waals surface area (Å²) < 4.78 is 11.0. The Morgan fingerprint density at radius 1 is 1.42 bits per heavy atom. The average molecular weight is 324 g/mol. The van der Waals surface area contributed by atoms with E-state index in [9.17, 15) is 4.79 Å². The van der Waals surface area contributed by atoms with Gasteiger partial charge < -0.3 is 14.5 Å². The zero-order valence-corrected chi connectivity index (χ0v) is 12.3. The second-order valence-corrected chi connectivity index (χ2v) is 4.97. The van der Waals surface area contributed by atoms with Gasteiger partial charge in [0.05, 0.1) is 19.2 Å². The molecular weight excluding hydrogens is 310 g/mol. The Morgan fingerprint density at radius 2 is 2.21 bits per heavy atom. The monoisotopic (exact) mass is 323 g/mol. The maximum atomic E-state index is 11.3. The van der Waals surface area contributed by atoms with Gasteiger partial charge in [-0.3, -0.25) is 0 Å². The minimum atomic E-state index is -0.394. The van der Waals surface area contributed by atoms with Crippen LogP contribution < -0.4 is 5.32 Å². The van der Waals surface area contributed by atoms with Crippen LogP contribution in [0.4, 0.5) is 5.69 Å². The number of aryl methyl sites for hydroxylation is 1. The zero-order valence-electron chi connectivity index (χ0n) is 10.7. The van der Waals surface area contributed by atoms with E-state index in [0.717, 1.165) is 15.7 Å². The highest BCUT2D eigenvalue weighted by Crippen LogP contribution is 2.20. The molecule has 1 aromatic carbocycles. The van der Waals surface area contributed by atoms with E-state index in [1.165, 1.54) is 13.4 Å². The van der Waals surface area contributed by atoms with E-state index in [1.807, 2.05) is 25.1 Å². The van der Waals surface area contributed by atoms with Crippen molar-refractivity contribution in [2.45, 2.75) is 13.5 Å². The van der Waals surface area contributed by atoms with Crippen molar-refractivity contribution < 1.29 is 13.9 Å². The van der Waals surface area contributed by atoms with Crippen LogP contribution in [0.5, 0.6) is 0 Å². The number of halogens is 1. The number of rotatable bonds is 4. The Labute approximate surface area is 119 Å². The van der Waals surface area contributed by atoms with Crippen molar-refractivity contribution in [3.63, 3.8) is 0 Å². The van der Waals surface area contributed by atoms with Gasteiger partial charge in [-0.15, -0.1) is 0 Å². The minimum absolute atomic E-state index is 0.394. The lowest BCUT2D eigenvalue weighted by Crippen LogP contribution is -2.00. The number of carbonyl (C=O) groups excluding carboxylic acids is 1. The second kappa shape index (κ2) is 5.93. The number of carbonyl (C=O) groups is 1. The maximum Gasteiger partial charge on any atom is 0.341 e. The molecule has 2 rings (SSSR count). The highest BCUT2D eigenvalue weighted by molar-refractivity contribution is 9.10. The summed E-state index contributed by atoms with van der Waals surface area (Å²) in [5.41, 5.74) is 2.57. The number of hydrogen-bond acceptors (Lipinski definition) is 4. The van der Waals surface area contributed by atoms with Crippen molar-refractivity contribution in [3.05, 3.63) is 51.9 Å². The van der Waals surface area contributed by atoms with E-state index in [2.05, 4.69) is 26.0 Å². The molecule has 0 aliphatic heterocycles. The number of benzene rings is 1.